The van der Waals surface area contributed by atoms with Crippen molar-refractivity contribution in [2.24, 2.45) is 4.99 Å². The third-order valence-electron chi connectivity index (χ3n) is 4.21. The predicted octanol–water partition coefficient (Wildman–Crippen LogP) is 4.15. The van der Waals surface area contributed by atoms with E-state index >= 15 is 0 Å². The molecule has 0 unspecified atom stereocenters. The number of aliphatic imine (C=N–C) groups is 1. The van der Waals surface area contributed by atoms with Crippen molar-refractivity contribution >= 4 is 63.8 Å². The van der Waals surface area contributed by atoms with E-state index in [-0.39, 0.29) is 34.5 Å². The van der Waals surface area contributed by atoms with Crippen LogP contribution in [0.4, 0.5) is 5.69 Å². The molecular weight excluding hydrogens is 571 g/mol. The fourth-order valence-electron chi connectivity index (χ4n) is 2.74. The lowest BCUT2D eigenvalue weighted by molar-refractivity contribution is -0.384. The largest absolute Gasteiger partial charge is 0.490 e. The molecule has 1 heterocycles. The first-order valence-electron chi connectivity index (χ1n) is 9.36. The summed E-state index contributed by atoms with van der Waals surface area (Å²) < 4.78 is 21.5. The van der Waals surface area contributed by atoms with Crippen LogP contribution >= 0.6 is 34.2 Å². The number of nitrogens with zero attached hydrogens (tertiary/aromatic N) is 2. The van der Waals surface area contributed by atoms with E-state index in [2.05, 4.69) is 9.73 Å². The second-order valence-corrected chi connectivity index (χ2v) is 7.96. The Balaban J connectivity index is 1.94. The first kappa shape index (κ1) is 24.5. The van der Waals surface area contributed by atoms with Crippen molar-refractivity contribution in [2.75, 3.05) is 20.3 Å². The highest BCUT2D eigenvalue weighted by Crippen LogP contribution is 2.35. The quantitative estimate of drug-likeness (QED) is 0.148. The molecule has 2 aromatic rings. The molecule has 1 aliphatic rings. The van der Waals surface area contributed by atoms with Crippen molar-refractivity contribution in [1.82, 2.24) is 0 Å². The highest BCUT2D eigenvalue weighted by Gasteiger charge is 2.26. The van der Waals surface area contributed by atoms with Crippen LogP contribution in [0.5, 0.6) is 11.5 Å². The Bertz CT molecular complexity index is 1200. The fraction of sp³-hybridized carbons (Fsp3) is 0.190. The number of carbonyl (C=O) groups is 2. The van der Waals surface area contributed by atoms with E-state index in [1.807, 2.05) is 22.6 Å². The van der Waals surface area contributed by atoms with Crippen molar-refractivity contribution < 1.29 is 33.5 Å². The zero-order valence-corrected chi connectivity index (χ0v) is 20.2. The van der Waals surface area contributed by atoms with Crippen LogP contribution in [0, 0.1) is 13.7 Å². The van der Waals surface area contributed by atoms with E-state index in [0.29, 0.717) is 27.2 Å². The molecule has 33 heavy (non-hydrogen) atoms. The fourth-order valence-corrected chi connectivity index (χ4v) is 3.71. The Morgan fingerprint density at radius 1 is 1.30 bits per heavy atom. The first-order chi connectivity index (χ1) is 15.7. The molecule has 0 spiro atoms. The summed E-state index contributed by atoms with van der Waals surface area (Å²) in [5, 5.41) is 11.1. The third kappa shape index (κ3) is 5.79. The second kappa shape index (κ2) is 10.6. The number of nitro groups is 1. The zero-order chi connectivity index (χ0) is 24.1. The van der Waals surface area contributed by atoms with Crippen LogP contribution in [-0.2, 0) is 19.1 Å². The summed E-state index contributed by atoms with van der Waals surface area (Å²) in [7, 11) is 1.26. The molecule has 10 nitrogen and oxygen atoms in total. The minimum absolute atomic E-state index is 0.0101. The van der Waals surface area contributed by atoms with Gasteiger partial charge in [0.1, 0.15) is 5.02 Å². The van der Waals surface area contributed by atoms with E-state index in [9.17, 15) is 19.7 Å². The summed E-state index contributed by atoms with van der Waals surface area (Å²) in [4.78, 5) is 38.4. The van der Waals surface area contributed by atoms with Crippen molar-refractivity contribution in [1.29, 1.82) is 0 Å². The van der Waals surface area contributed by atoms with E-state index in [1.165, 1.54) is 31.4 Å². The maximum absolute atomic E-state index is 12.3. The van der Waals surface area contributed by atoms with Gasteiger partial charge in [-0.05, 0) is 65.4 Å². The monoisotopic (exact) mass is 586 g/mol. The maximum atomic E-state index is 12.3. The lowest BCUT2D eigenvalue weighted by Crippen LogP contribution is -2.14. The van der Waals surface area contributed by atoms with Crippen molar-refractivity contribution in [3.05, 3.63) is 65.9 Å². The van der Waals surface area contributed by atoms with E-state index in [4.69, 9.17) is 25.8 Å². The minimum atomic E-state index is -0.721. The van der Waals surface area contributed by atoms with E-state index in [0.717, 1.165) is 0 Å². The van der Waals surface area contributed by atoms with Gasteiger partial charge in [0.25, 0.3) is 5.69 Å². The number of benzene rings is 2. The van der Waals surface area contributed by atoms with Crippen molar-refractivity contribution in [2.45, 2.75) is 6.92 Å². The van der Waals surface area contributed by atoms with Crippen LogP contribution in [0.25, 0.3) is 6.08 Å². The molecule has 2 aromatic carbocycles. The van der Waals surface area contributed by atoms with Gasteiger partial charge < -0.3 is 18.9 Å². The molecule has 3 rings (SSSR count). The van der Waals surface area contributed by atoms with Gasteiger partial charge in [0, 0.05) is 11.6 Å². The van der Waals surface area contributed by atoms with Crippen molar-refractivity contribution in [3.8, 4) is 11.5 Å². The number of hydrogen-bond donors (Lipinski definition) is 0. The van der Waals surface area contributed by atoms with Gasteiger partial charge in [0.05, 0.1) is 22.2 Å². The smallest absolute Gasteiger partial charge is 0.363 e. The van der Waals surface area contributed by atoms with Gasteiger partial charge in [0.2, 0.25) is 5.90 Å². The molecule has 0 amide bonds. The van der Waals surface area contributed by atoms with Crippen LogP contribution in [0.3, 0.4) is 0 Å². The maximum Gasteiger partial charge on any atom is 0.363 e. The summed E-state index contributed by atoms with van der Waals surface area (Å²) in [6, 6.07) is 7.31. The number of esters is 2. The summed E-state index contributed by atoms with van der Waals surface area (Å²) in [5.74, 6) is -0.622. The van der Waals surface area contributed by atoms with Crippen LogP contribution in [0.15, 0.2) is 41.0 Å². The third-order valence-corrected chi connectivity index (χ3v) is 5.33. The number of carbonyl (C=O) groups excluding carboxylic acids is 2. The number of ether oxygens (including phenoxy) is 4. The van der Waals surface area contributed by atoms with Crippen LogP contribution in [0.2, 0.25) is 5.02 Å². The Hall–Kier alpha value is -3.19. The second-order valence-electron chi connectivity index (χ2n) is 6.39. The topological polar surface area (TPSA) is 127 Å². The molecule has 12 heteroatoms. The summed E-state index contributed by atoms with van der Waals surface area (Å²) in [5.41, 5.74) is 0.458. The molecule has 1 aliphatic heterocycles. The van der Waals surface area contributed by atoms with Crippen molar-refractivity contribution in [3.63, 3.8) is 0 Å². The van der Waals surface area contributed by atoms with Gasteiger partial charge in [0.15, 0.2) is 23.8 Å². The SMILES string of the molecule is CCOc1cc(/C=C2\N=C(c3ccc(Cl)c([N+](=O)[O-])c3)OC2=O)cc(I)c1OCC(=O)OC. The lowest BCUT2D eigenvalue weighted by atomic mass is 10.1. The number of halogens is 2. The van der Waals surface area contributed by atoms with E-state index in [1.54, 1.807) is 19.1 Å². The predicted molar refractivity (Wildman–Crippen MR) is 127 cm³/mol. The molecule has 0 fully saturated rings. The molecule has 0 aromatic heterocycles. The highest BCUT2D eigenvalue weighted by molar-refractivity contribution is 14.1. The Kier molecular flexibility index (Phi) is 7.87. The van der Waals surface area contributed by atoms with Gasteiger partial charge in [-0.25, -0.2) is 14.6 Å². The average molecular weight is 587 g/mol. The van der Waals surface area contributed by atoms with E-state index < -0.39 is 16.9 Å². The summed E-state index contributed by atoms with van der Waals surface area (Å²) in [6.45, 7) is 1.84. The summed E-state index contributed by atoms with van der Waals surface area (Å²) >= 11 is 7.84. The standard InChI is InChI=1S/C21H16ClIN2O8/c1-3-31-17-8-11(6-14(23)19(17)32-10-18(26)30-2)7-15-21(27)33-20(24-15)12-4-5-13(22)16(9-12)25(28)29/h4-9H,3,10H2,1-2H3/b15-7-. The van der Waals surface area contributed by atoms with Crippen LogP contribution in [-0.4, -0.2) is 43.1 Å². The Labute approximate surface area is 206 Å². The summed E-state index contributed by atoms with van der Waals surface area (Å²) in [6.07, 6.45) is 1.48. The Morgan fingerprint density at radius 2 is 2.06 bits per heavy atom. The number of cyclic esters (lactones) is 1. The molecular formula is C21H16ClIN2O8. The molecule has 0 atom stereocenters. The van der Waals surface area contributed by atoms with Gasteiger partial charge in [-0.2, -0.15) is 0 Å². The average Bonchev–Trinajstić information content (AvgIpc) is 3.13. The molecule has 0 radical (unpaired) electrons. The lowest BCUT2D eigenvalue weighted by Gasteiger charge is -2.14. The number of nitro benzene ring substituents is 1. The molecule has 0 saturated carbocycles. The normalized spacial score (nSPS) is 14.0. The number of methoxy groups -OCH3 is 1. The van der Waals surface area contributed by atoms with Crippen LogP contribution in [0.1, 0.15) is 18.1 Å². The zero-order valence-electron chi connectivity index (χ0n) is 17.3. The molecule has 0 saturated heterocycles. The van der Waals surface area contributed by atoms with Crippen LogP contribution < -0.4 is 9.47 Å². The molecule has 0 aliphatic carbocycles. The molecule has 0 bridgehead atoms. The molecule has 0 N–H and O–H groups in total. The number of hydrogen-bond acceptors (Lipinski definition) is 9. The minimum Gasteiger partial charge on any atom is -0.490 e. The molecule has 172 valence electrons. The van der Waals surface area contributed by atoms with Gasteiger partial charge in [-0.3, -0.25) is 10.1 Å². The Morgan fingerprint density at radius 3 is 2.73 bits per heavy atom. The van der Waals surface area contributed by atoms with Gasteiger partial charge >= 0.3 is 11.9 Å². The van der Waals surface area contributed by atoms with Gasteiger partial charge in [-0.1, -0.05) is 11.6 Å². The van der Waals surface area contributed by atoms with Gasteiger partial charge in [-0.15, -0.1) is 0 Å². The first-order valence-corrected chi connectivity index (χ1v) is 10.8. The highest BCUT2D eigenvalue weighted by atomic mass is 127. The number of rotatable bonds is 8.